The summed E-state index contributed by atoms with van der Waals surface area (Å²) in [6.07, 6.45) is 1.75. The first-order valence-corrected chi connectivity index (χ1v) is 10.5. The molecule has 6 heteroatoms. The van der Waals surface area contributed by atoms with Gasteiger partial charge in [-0.25, -0.2) is 4.39 Å². The number of ether oxygens (including phenoxy) is 3. The van der Waals surface area contributed by atoms with Gasteiger partial charge in [-0.1, -0.05) is 18.2 Å². The van der Waals surface area contributed by atoms with E-state index in [4.69, 9.17) is 14.2 Å². The van der Waals surface area contributed by atoms with Crippen molar-refractivity contribution in [2.24, 2.45) is 4.99 Å². The molecule has 0 N–H and O–H groups in total. The normalized spacial score (nSPS) is 10.9. The van der Waals surface area contributed by atoms with E-state index in [0.717, 1.165) is 17.0 Å². The number of hydrogen-bond donors (Lipinski definition) is 0. The van der Waals surface area contributed by atoms with E-state index < -0.39 is 0 Å². The summed E-state index contributed by atoms with van der Waals surface area (Å²) in [5.41, 5.74) is 2.14. The Balaban J connectivity index is 1.79. The summed E-state index contributed by atoms with van der Waals surface area (Å²) in [5, 5.41) is 0. The molecule has 0 aliphatic rings. The van der Waals surface area contributed by atoms with Crippen LogP contribution in [-0.4, -0.2) is 19.4 Å². The van der Waals surface area contributed by atoms with Crippen LogP contribution in [0.2, 0.25) is 0 Å². The number of halogens is 2. The molecule has 30 heavy (non-hydrogen) atoms. The van der Waals surface area contributed by atoms with Crippen molar-refractivity contribution >= 4 is 27.8 Å². The lowest BCUT2D eigenvalue weighted by Crippen LogP contribution is -2.02. The van der Waals surface area contributed by atoms with E-state index in [9.17, 15) is 4.39 Å². The molecule has 156 valence electrons. The van der Waals surface area contributed by atoms with Crippen LogP contribution in [0.25, 0.3) is 0 Å². The highest BCUT2D eigenvalue weighted by atomic mass is 79.9. The Morgan fingerprint density at radius 2 is 1.67 bits per heavy atom. The summed E-state index contributed by atoms with van der Waals surface area (Å²) >= 11 is 3.54. The van der Waals surface area contributed by atoms with E-state index in [-0.39, 0.29) is 12.4 Å². The predicted octanol–water partition coefficient (Wildman–Crippen LogP) is 6.72. The van der Waals surface area contributed by atoms with E-state index in [1.54, 1.807) is 24.4 Å². The molecule has 0 radical (unpaired) electrons. The molecule has 0 fully saturated rings. The molecule has 0 saturated heterocycles. The Morgan fingerprint density at radius 3 is 2.37 bits per heavy atom. The zero-order valence-corrected chi connectivity index (χ0v) is 18.5. The molecule has 0 atom stereocenters. The Labute approximate surface area is 184 Å². The molecule has 3 aromatic rings. The maximum absolute atomic E-state index is 13.9. The quantitative estimate of drug-likeness (QED) is 0.325. The topological polar surface area (TPSA) is 40.0 Å². The minimum absolute atomic E-state index is 0.102. The van der Waals surface area contributed by atoms with Gasteiger partial charge in [0.15, 0.2) is 11.5 Å². The van der Waals surface area contributed by atoms with Crippen molar-refractivity contribution < 1.29 is 18.6 Å². The number of rotatable bonds is 9. The Bertz CT molecular complexity index is 1010. The average molecular weight is 472 g/mol. The Hall–Kier alpha value is -2.86. The number of aliphatic imine (C=N–C) groups is 1. The fourth-order valence-electron chi connectivity index (χ4n) is 2.78. The van der Waals surface area contributed by atoms with Crippen molar-refractivity contribution in [3.05, 3.63) is 82.1 Å². The van der Waals surface area contributed by atoms with Crippen molar-refractivity contribution in [1.82, 2.24) is 0 Å². The standard InChI is InChI=1S/C24H23BrFNO3/c1-3-28-20-11-9-19(10-12-20)27-15-17-13-21(25)24(23(14-17)29-4-2)30-16-18-7-5-6-8-22(18)26/h5-15H,3-4,16H2,1-2H3. The van der Waals surface area contributed by atoms with Gasteiger partial charge >= 0.3 is 0 Å². The van der Waals surface area contributed by atoms with Gasteiger partial charge in [0.2, 0.25) is 0 Å². The molecule has 0 aliphatic heterocycles. The zero-order valence-electron chi connectivity index (χ0n) is 16.9. The first-order valence-electron chi connectivity index (χ1n) is 9.70. The van der Waals surface area contributed by atoms with Crippen LogP contribution in [-0.2, 0) is 6.61 Å². The summed E-state index contributed by atoms with van der Waals surface area (Å²) in [6.45, 7) is 5.05. The average Bonchev–Trinajstić information content (AvgIpc) is 2.74. The van der Waals surface area contributed by atoms with Crippen LogP contribution in [0, 0.1) is 5.82 Å². The molecule has 0 heterocycles. The summed E-state index contributed by atoms with van der Waals surface area (Å²) in [6, 6.07) is 17.8. The molecule has 0 saturated carbocycles. The molecule has 4 nitrogen and oxygen atoms in total. The molecule has 0 unspecified atom stereocenters. The van der Waals surface area contributed by atoms with Crippen LogP contribution in [0.5, 0.6) is 17.2 Å². The lowest BCUT2D eigenvalue weighted by atomic mass is 10.2. The maximum Gasteiger partial charge on any atom is 0.175 e. The van der Waals surface area contributed by atoms with Crippen LogP contribution >= 0.6 is 15.9 Å². The fraction of sp³-hybridized carbons (Fsp3) is 0.208. The van der Waals surface area contributed by atoms with Crippen LogP contribution in [0.1, 0.15) is 25.0 Å². The molecule has 3 aromatic carbocycles. The summed E-state index contributed by atoms with van der Waals surface area (Å²) in [4.78, 5) is 4.51. The first-order chi connectivity index (χ1) is 14.6. The molecule has 0 spiro atoms. The summed E-state index contributed by atoms with van der Waals surface area (Å²) in [7, 11) is 0. The highest BCUT2D eigenvalue weighted by Crippen LogP contribution is 2.37. The van der Waals surface area contributed by atoms with Crippen LogP contribution in [0.3, 0.4) is 0 Å². The van der Waals surface area contributed by atoms with Crippen LogP contribution in [0.4, 0.5) is 10.1 Å². The van der Waals surface area contributed by atoms with Gasteiger partial charge in [-0.3, -0.25) is 4.99 Å². The summed E-state index contributed by atoms with van der Waals surface area (Å²) in [5.74, 6) is 1.61. The second-order valence-electron chi connectivity index (χ2n) is 6.33. The van der Waals surface area contributed by atoms with Crippen molar-refractivity contribution in [3.8, 4) is 17.2 Å². The monoisotopic (exact) mass is 471 g/mol. The third kappa shape index (κ3) is 5.83. The van der Waals surface area contributed by atoms with Gasteiger partial charge in [-0.2, -0.15) is 0 Å². The highest BCUT2D eigenvalue weighted by molar-refractivity contribution is 9.10. The van der Waals surface area contributed by atoms with E-state index in [1.807, 2.05) is 50.2 Å². The number of hydrogen-bond acceptors (Lipinski definition) is 4. The van der Waals surface area contributed by atoms with Gasteiger partial charge < -0.3 is 14.2 Å². The van der Waals surface area contributed by atoms with E-state index >= 15 is 0 Å². The number of nitrogens with zero attached hydrogens (tertiary/aromatic N) is 1. The lowest BCUT2D eigenvalue weighted by molar-refractivity contribution is 0.264. The number of benzene rings is 3. The third-order valence-corrected chi connectivity index (χ3v) is 4.76. The van der Waals surface area contributed by atoms with Crippen LogP contribution < -0.4 is 14.2 Å². The third-order valence-electron chi connectivity index (χ3n) is 4.17. The Morgan fingerprint density at radius 1 is 0.933 bits per heavy atom. The molecular weight excluding hydrogens is 449 g/mol. The predicted molar refractivity (Wildman–Crippen MR) is 121 cm³/mol. The van der Waals surface area contributed by atoms with Gasteiger partial charge in [0.05, 0.1) is 23.4 Å². The molecule has 3 rings (SSSR count). The SMILES string of the molecule is CCOc1ccc(N=Cc2cc(Br)c(OCc3ccccc3F)c(OCC)c2)cc1. The van der Waals surface area contributed by atoms with Gasteiger partial charge in [-0.05, 0) is 77.8 Å². The van der Waals surface area contributed by atoms with Gasteiger partial charge in [0.1, 0.15) is 18.2 Å². The highest BCUT2D eigenvalue weighted by Gasteiger charge is 2.13. The Kier molecular flexibility index (Phi) is 7.85. The van der Waals surface area contributed by atoms with Crippen molar-refractivity contribution in [1.29, 1.82) is 0 Å². The second-order valence-corrected chi connectivity index (χ2v) is 7.18. The maximum atomic E-state index is 13.9. The molecule has 0 aromatic heterocycles. The lowest BCUT2D eigenvalue weighted by Gasteiger charge is -2.15. The molecule has 0 aliphatic carbocycles. The largest absolute Gasteiger partial charge is 0.494 e. The molecular formula is C24H23BrFNO3. The van der Waals surface area contributed by atoms with Crippen LogP contribution in [0.15, 0.2) is 70.1 Å². The van der Waals surface area contributed by atoms with Crippen molar-refractivity contribution in [2.75, 3.05) is 13.2 Å². The van der Waals surface area contributed by atoms with Crippen molar-refractivity contribution in [2.45, 2.75) is 20.5 Å². The van der Waals surface area contributed by atoms with E-state index in [1.165, 1.54) is 6.07 Å². The van der Waals surface area contributed by atoms with Gasteiger partial charge in [0.25, 0.3) is 0 Å². The first kappa shape index (κ1) is 21.8. The van der Waals surface area contributed by atoms with E-state index in [0.29, 0.717) is 34.7 Å². The second kappa shape index (κ2) is 10.8. The van der Waals surface area contributed by atoms with E-state index in [2.05, 4.69) is 20.9 Å². The van der Waals surface area contributed by atoms with Gasteiger partial charge in [0, 0.05) is 11.8 Å². The van der Waals surface area contributed by atoms with Gasteiger partial charge in [-0.15, -0.1) is 0 Å². The minimum Gasteiger partial charge on any atom is -0.494 e. The minimum atomic E-state index is -0.300. The van der Waals surface area contributed by atoms with Crippen molar-refractivity contribution in [3.63, 3.8) is 0 Å². The smallest absolute Gasteiger partial charge is 0.175 e. The summed E-state index contributed by atoms with van der Waals surface area (Å²) < 4.78 is 31.7. The molecule has 0 amide bonds. The fourth-order valence-corrected chi connectivity index (χ4v) is 3.35. The molecule has 0 bridgehead atoms. The zero-order chi connectivity index (χ0) is 21.3.